The molecule has 2 atom stereocenters. The maximum Gasteiger partial charge on any atom is 0.271 e. The second-order valence-corrected chi connectivity index (χ2v) is 5.84. The Morgan fingerprint density at radius 1 is 1.45 bits per heavy atom. The van der Waals surface area contributed by atoms with E-state index in [1.54, 1.807) is 12.1 Å². The largest absolute Gasteiger partial charge is 0.370 e. The maximum atomic E-state index is 12.2. The average Bonchev–Trinajstić information content (AvgIpc) is 2.84. The lowest BCUT2D eigenvalue weighted by molar-refractivity contribution is 0.0940. The second-order valence-electron chi connectivity index (χ2n) is 5.44. The molecule has 0 aromatic carbocycles. The van der Waals surface area contributed by atoms with Crippen LogP contribution in [0.25, 0.3) is 0 Å². The van der Waals surface area contributed by atoms with Crippen LogP contribution >= 0.6 is 11.6 Å². The summed E-state index contributed by atoms with van der Waals surface area (Å²) in [6.07, 6.45) is 3.71. The number of anilines is 1. The van der Waals surface area contributed by atoms with E-state index in [9.17, 15) is 4.79 Å². The van der Waals surface area contributed by atoms with Crippen LogP contribution in [0.15, 0.2) is 12.1 Å². The SMILES string of the molecule is CCNc1ccc(Cl)c(C(=O)NCC2CCCC2C)n1. The monoisotopic (exact) mass is 295 g/mol. The highest BCUT2D eigenvalue weighted by Crippen LogP contribution is 2.30. The standard InChI is InChI=1S/C15H22ClN3O/c1-3-17-13-8-7-12(16)14(19-13)15(20)18-9-11-6-4-5-10(11)2/h7-8,10-11H,3-6,9H2,1-2H3,(H,17,19)(H,18,20). The van der Waals surface area contributed by atoms with Crippen LogP contribution in [0.5, 0.6) is 0 Å². The number of carbonyl (C=O) groups excluding carboxylic acids is 1. The Morgan fingerprint density at radius 2 is 2.25 bits per heavy atom. The summed E-state index contributed by atoms with van der Waals surface area (Å²) in [6.45, 7) is 5.71. The van der Waals surface area contributed by atoms with E-state index in [0.29, 0.717) is 34.9 Å². The number of aromatic nitrogens is 1. The number of nitrogens with one attached hydrogen (secondary N) is 2. The molecule has 0 aliphatic heterocycles. The van der Waals surface area contributed by atoms with Gasteiger partial charge in [0, 0.05) is 13.1 Å². The van der Waals surface area contributed by atoms with Crippen molar-refractivity contribution >= 4 is 23.3 Å². The Labute approximate surface area is 125 Å². The van der Waals surface area contributed by atoms with E-state index in [1.165, 1.54) is 19.3 Å². The number of pyridine rings is 1. The van der Waals surface area contributed by atoms with Crippen molar-refractivity contribution in [3.05, 3.63) is 22.8 Å². The third-order valence-corrected chi connectivity index (χ3v) is 4.29. The zero-order valence-electron chi connectivity index (χ0n) is 12.1. The minimum absolute atomic E-state index is 0.186. The van der Waals surface area contributed by atoms with Gasteiger partial charge in [-0.25, -0.2) is 4.98 Å². The summed E-state index contributed by atoms with van der Waals surface area (Å²) in [7, 11) is 0. The van der Waals surface area contributed by atoms with Crippen LogP contribution in [0.1, 0.15) is 43.6 Å². The minimum atomic E-state index is -0.186. The number of amides is 1. The van der Waals surface area contributed by atoms with Crippen molar-refractivity contribution in [2.75, 3.05) is 18.4 Å². The molecule has 20 heavy (non-hydrogen) atoms. The number of nitrogens with zero attached hydrogens (tertiary/aromatic N) is 1. The molecule has 2 N–H and O–H groups in total. The Kier molecular flexibility index (Phi) is 5.24. The number of rotatable bonds is 5. The molecular formula is C15H22ClN3O. The molecule has 110 valence electrons. The summed E-state index contributed by atoms with van der Waals surface area (Å²) in [5, 5.41) is 6.44. The van der Waals surface area contributed by atoms with E-state index in [2.05, 4.69) is 22.5 Å². The number of halogens is 1. The molecule has 2 rings (SSSR count). The molecular weight excluding hydrogens is 274 g/mol. The topological polar surface area (TPSA) is 54.0 Å². The molecule has 0 radical (unpaired) electrons. The van der Waals surface area contributed by atoms with Gasteiger partial charge in [0.15, 0.2) is 0 Å². The summed E-state index contributed by atoms with van der Waals surface area (Å²) >= 11 is 6.06. The van der Waals surface area contributed by atoms with E-state index in [4.69, 9.17) is 11.6 Å². The van der Waals surface area contributed by atoms with E-state index in [-0.39, 0.29) is 5.91 Å². The summed E-state index contributed by atoms with van der Waals surface area (Å²) < 4.78 is 0. The number of carbonyl (C=O) groups is 1. The van der Waals surface area contributed by atoms with Crippen molar-refractivity contribution in [2.45, 2.75) is 33.1 Å². The molecule has 1 aliphatic rings. The first-order valence-corrected chi connectivity index (χ1v) is 7.68. The third kappa shape index (κ3) is 3.63. The molecule has 0 bridgehead atoms. The predicted octanol–water partition coefficient (Wildman–Crippen LogP) is 3.33. The van der Waals surface area contributed by atoms with Gasteiger partial charge in [-0.1, -0.05) is 31.4 Å². The summed E-state index contributed by atoms with van der Waals surface area (Å²) in [6, 6.07) is 3.49. The Hall–Kier alpha value is -1.29. The Morgan fingerprint density at radius 3 is 2.90 bits per heavy atom. The molecule has 1 heterocycles. The van der Waals surface area contributed by atoms with E-state index >= 15 is 0 Å². The van der Waals surface area contributed by atoms with E-state index in [1.807, 2.05) is 6.92 Å². The van der Waals surface area contributed by atoms with Gasteiger partial charge in [0.2, 0.25) is 0 Å². The molecule has 1 fully saturated rings. The normalized spacial score (nSPS) is 21.8. The fraction of sp³-hybridized carbons (Fsp3) is 0.600. The highest BCUT2D eigenvalue weighted by molar-refractivity contribution is 6.33. The zero-order chi connectivity index (χ0) is 14.5. The molecule has 1 saturated carbocycles. The second kappa shape index (κ2) is 6.93. The molecule has 1 aliphatic carbocycles. The molecule has 5 heteroatoms. The van der Waals surface area contributed by atoms with Gasteiger partial charge in [-0.2, -0.15) is 0 Å². The molecule has 1 aromatic heterocycles. The predicted molar refractivity (Wildman–Crippen MR) is 82.2 cm³/mol. The van der Waals surface area contributed by atoms with Gasteiger partial charge in [0.05, 0.1) is 5.02 Å². The number of hydrogen-bond donors (Lipinski definition) is 2. The van der Waals surface area contributed by atoms with Crippen molar-refractivity contribution in [1.29, 1.82) is 0 Å². The van der Waals surface area contributed by atoms with Crippen molar-refractivity contribution < 1.29 is 4.79 Å². The van der Waals surface area contributed by atoms with Crippen LogP contribution in [0, 0.1) is 11.8 Å². The molecule has 0 saturated heterocycles. The number of hydrogen-bond acceptors (Lipinski definition) is 3. The first-order valence-electron chi connectivity index (χ1n) is 7.30. The van der Waals surface area contributed by atoms with Crippen molar-refractivity contribution in [1.82, 2.24) is 10.3 Å². The first kappa shape index (κ1) is 15.1. The van der Waals surface area contributed by atoms with Crippen LogP contribution in [-0.4, -0.2) is 24.0 Å². The van der Waals surface area contributed by atoms with Gasteiger partial charge >= 0.3 is 0 Å². The van der Waals surface area contributed by atoms with Crippen LogP contribution in [0.3, 0.4) is 0 Å². The van der Waals surface area contributed by atoms with Crippen molar-refractivity contribution in [3.63, 3.8) is 0 Å². The summed E-state index contributed by atoms with van der Waals surface area (Å²) in [5.74, 6) is 1.76. The lowest BCUT2D eigenvalue weighted by atomic mass is 9.98. The molecule has 4 nitrogen and oxygen atoms in total. The van der Waals surface area contributed by atoms with Crippen LogP contribution in [0.2, 0.25) is 5.02 Å². The third-order valence-electron chi connectivity index (χ3n) is 3.98. The summed E-state index contributed by atoms with van der Waals surface area (Å²) in [5.41, 5.74) is 0.302. The molecule has 2 unspecified atom stereocenters. The van der Waals surface area contributed by atoms with E-state index < -0.39 is 0 Å². The smallest absolute Gasteiger partial charge is 0.271 e. The van der Waals surface area contributed by atoms with Gasteiger partial charge < -0.3 is 10.6 Å². The fourth-order valence-corrected chi connectivity index (χ4v) is 2.91. The highest BCUT2D eigenvalue weighted by Gasteiger charge is 2.24. The van der Waals surface area contributed by atoms with Gasteiger partial charge in [-0.05, 0) is 37.3 Å². The molecule has 1 amide bonds. The van der Waals surface area contributed by atoms with Gasteiger partial charge in [-0.15, -0.1) is 0 Å². The van der Waals surface area contributed by atoms with Gasteiger partial charge in [-0.3, -0.25) is 4.79 Å². The molecule has 1 aromatic rings. The van der Waals surface area contributed by atoms with Crippen LogP contribution in [0.4, 0.5) is 5.82 Å². The Balaban J connectivity index is 1.99. The summed E-state index contributed by atoms with van der Waals surface area (Å²) in [4.78, 5) is 16.5. The van der Waals surface area contributed by atoms with Crippen LogP contribution < -0.4 is 10.6 Å². The minimum Gasteiger partial charge on any atom is -0.370 e. The van der Waals surface area contributed by atoms with Crippen LogP contribution in [-0.2, 0) is 0 Å². The lowest BCUT2D eigenvalue weighted by Gasteiger charge is -2.16. The van der Waals surface area contributed by atoms with E-state index in [0.717, 1.165) is 6.54 Å². The highest BCUT2D eigenvalue weighted by atomic mass is 35.5. The fourth-order valence-electron chi connectivity index (χ4n) is 2.71. The zero-order valence-corrected chi connectivity index (χ0v) is 12.8. The average molecular weight is 296 g/mol. The quantitative estimate of drug-likeness (QED) is 0.876. The van der Waals surface area contributed by atoms with Crippen molar-refractivity contribution in [2.24, 2.45) is 11.8 Å². The maximum absolute atomic E-state index is 12.2. The van der Waals surface area contributed by atoms with Gasteiger partial charge in [0.25, 0.3) is 5.91 Å². The lowest BCUT2D eigenvalue weighted by Crippen LogP contribution is -2.31. The van der Waals surface area contributed by atoms with Crippen molar-refractivity contribution in [3.8, 4) is 0 Å². The van der Waals surface area contributed by atoms with Gasteiger partial charge in [0.1, 0.15) is 11.5 Å². The molecule has 0 spiro atoms. The Bertz CT molecular complexity index is 478. The first-order chi connectivity index (χ1) is 9.61.